The van der Waals surface area contributed by atoms with Crippen LogP contribution in [0.2, 0.25) is 0 Å². The van der Waals surface area contributed by atoms with Crippen molar-refractivity contribution in [3.8, 4) is 16.9 Å². The highest BCUT2D eigenvalue weighted by molar-refractivity contribution is 5.70. The van der Waals surface area contributed by atoms with Crippen LogP contribution < -0.4 is 9.64 Å². The molecule has 0 saturated carbocycles. The van der Waals surface area contributed by atoms with Gasteiger partial charge in [-0.15, -0.1) is 0 Å². The Kier molecular flexibility index (Phi) is 6.17. The Hall–Kier alpha value is -3.34. The maximum Gasteiger partial charge on any atom is 0.306 e. The first-order valence-corrected chi connectivity index (χ1v) is 10.9. The van der Waals surface area contributed by atoms with Crippen molar-refractivity contribution < 1.29 is 19.0 Å². The van der Waals surface area contributed by atoms with Crippen molar-refractivity contribution in [1.82, 2.24) is 0 Å². The van der Waals surface area contributed by atoms with Gasteiger partial charge in [0.2, 0.25) is 0 Å². The van der Waals surface area contributed by atoms with Crippen molar-refractivity contribution in [3.63, 3.8) is 0 Å². The number of carbonyl (C=O) groups is 1. The molecule has 0 aliphatic carbocycles. The minimum atomic E-state index is -0.776. The van der Waals surface area contributed by atoms with Crippen molar-refractivity contribution in [2.45, 2.75) is 32.2 Å². The van der Waals surface area contributed by atoms with Gasteiger partial charge in [0.25, 0.3) is 0 Å². The van der Waals surface area contributed by atoms with Crippen LogP contribution in [0.1, 0.15) is 36.1 Å². The fourth-order valence-corrected chi connectivity index (χ4v) is 4.50. The van der Waals surface area contributed by atoms with Gasteiger partial charge < -0.3 is 14.7 Å². The number of aliphatic carboxylic acids is 1. The summed E-state index contributed by atoms with van der Waals surface area (Å²) in [7, 11) is 3.66. The van der Waals surface area contributed by atoms with Crippen molar-refractivity contribution in [3.05, 3.63) is 83.2 Å². The molecule has 5 heteroatoms. The summed E-state index contributed by atoms with van der Waals surface area (Å²) in [5.41, 5.74) is 5.98. The second kappa shape index (κ2) is 9.03. The minimum Gasteiger partial charge on any atom is -0.497 e. The first-order chi connectivity index (χ1) is 15.4. The predicted octanol–water partition coefficient (Wildman–Crippen LogP) is 5.89. The molecule has 0 radical (unpaired) electrons. The number of anilines is 1. The number of carboxylic acids is 1. The van der Waals surface area contributed by atoms with Crippen LogP contribution in [-0.4, -0.2) is 25.2 Å². The molecule has 1 unspecified atom stereocenters. The zero-order valence-corrected chi connectivity index (χ0v) is 18.6. The molecule has 0 amide bonds. The van der Waals surface area contributed by atoms with Crippen molar-refractivity contribution in [2.75, 3.05) is 19.1 Å². The van der Waals surface area contributed by atoms with Crippen LogP contribution in [0.3, 0.4) is 0 Å². The molecule has 2 atom stereocenters. The zero-order valence-electron chi connectivity index (χ0n) is 18.6. The predicted molar refractivity (Wildman–Crippen MR) is 125 cm³/mol. The van der Waals surface area contributed by atoms with Gasteiger partial charge in [0.05, 0.1) is 19.1 Å². The molecular weight excluding hydrogens is 405 g/mol. The lowest BCUT2D eigenvalue weighted by Gasteiger charge is -2.37. The van der Waals surface area contributed by atoms with Crippen LogP contribution in [0.5, 0.6) is 5.75 Å². The van der Waals surface area contributed by atoms with E-state index >= 15 is 0 Å². The molecule has 166 valence electrons. The van der Waals surface area contributed by atoms with Gasteiger partial charge in [-0.1, -0.05) is 43.3 Å². The fraction of sp³-hybridized carbons (Fsp3) is 0.296. The summed E-state index contributed by atoms with van der Waals surface area (Å²) in [5.74, 6) is -0.837. The van der Waals surface area contributed by atoms with Gasteiger partial charge in [-0.3, -0.25) is 4.79 Å². The van der Waals surface area contributed by atoms with E-state index in [0.717, 1.165) is 29.7 Å². The number of hydrogen-bond donors (Lipinski definition) is 1. The Balaban J connectivity index is 1.58. The number of hydrogen-bond acceptors (Lipinski definition) is 3. The third-order valence-electron chi connectivity index (χ3n) is 6.43. The van der Waals surface area contributed by atoms with E-state index in [1.165, 1.54) is 17.2 Å². The fourth-order valence-electron chi connectivity index (χ4n) is 4.50. The summed E-state index contributed by atoms with van der Waals surface area (Å²) < 4.78 is 19.6. The summed E-state index contributed by atoms with van der Waals surface area (Å²) in [4.78, 5) is 13.5. The number of methoxy groups -OCH3 is 1. The average molecular weight is 434 g/mol. The molecule has 3 aromatic carbocycles. The third-order valence-corrected chi connectivity index (χ3v) is 6.43. The molecule has 1 N–H and O–H groups in total. The maximum absolute atomic E-state index is 14.4. The number of carboxylic acid groups (broad SMARTS) is 1. The maximum atomic E-state index is 14.4. The van der Waals surface area contributed by atoms with E-state index in [-0.39, 0.29) is 11.9 Å². The Morgan fingerprint density at radius 2 is 1.91 bits per heavy atom. The SMILES string of the molecule is COc1ccc(F)c(-c2ccc(C3CCc4ccc(C[C@H](C)C(=O)O)cc4N3C)cc2)c1. The van der Waals surface area contributed by atoms with Gasteiger partial charge in [0, 0.05) is 18.3 Å². The largest absolute Gasteiger partial charge is 0.497 e. The Labute approximate surface area is 188 Å². The highest BCUT2D eigenvalue weighted by atomic mass is 19.1. The number of halogens is 1. The molecule has 0 saturated heterocycles. The van der Waals surface area contributed by atoms with Gasteiger partial charge in [0.1, 0.15) is 11.6 Å². The Morgan fingerprint density at radius 1 is 1.16 bits per heavy atom. The highest BCUT2D eigenvalue weighted by Gasteiger charge is 2.25. The van der Waals surface area contributed by atoms with E-state index in [1.54, 1.807) is 26.2 Å². The standard InChI is InChI=1S/C27H28FNO3/c1-17(27(30)31)14-18-4-5-21-10-13-25(29(2)26(21)15-18)20-8-6-19(7-9-20)23-16-22(32-3)11-12-24(23)28/h4-9,11-12,15-17,25H,10,13-14H2,1-3H3,(H,30,31)/t17-,25?/m0/s1. The van der Waals surface area contributed by atoms with E-state index in [4.69, 9.17) is 4.74 Å². The molecule has 4 nitrogen and oxygen atoms in total. The molecule has 32 heavy (non-hydrogen) atoms. The quantitative estimate of drug-likeness (QED) is 0.527. The molecule has 3 aromatic rings. The molecule has 1 aliphatic heterocycles. The number of rotatable bonds is 6. The van der Waals surface area contributed by atoms with Crippen LogP contribution in [0.25, 0.3) is 11.1 Å². The molecule has 0 fully saturated rings. The molecule has 1 aliphatic rings. The number of nitrogens with zero attached hydrogens (tertiary/aromatic N) is 1. The second-order valence-corrected chi connectivity index (χ2v) is 8.54. The first-order valence-electron chi connectivity index (χ1n) is 10.9. The van der Waals surface area contributed by atoms with Gasteiger partial charge >= 0.3 is 5.97 Å². The van der Waals surface area contributed by atoms with Gasteiger partial charge in [0.15, 0.2) is 0 Å². The van der Waals surface area contributed by atoms with E-state index in [2.05, 4.69) is 36.2 Å². The lowest BCUT2D eigenvalue weighted by atomic mass is 9.89. The highest BCUT2D eigenvalue weighted by Crippen LogP contribution is 2.39. The second-order valence-electron chi connectivity index (χ2n) is 8.54. The topological polar surface area (TPSA) is 49.8 Å². The normalized spacial score (nSPS) is 16.4. The number of aryl methyl sites for hydroxylation is 1. The molecule has 0 aromatic heterocycles. The third kappa shape index (κ3) is 4.33. The van der Waals surface area contributed by atoms with E-state index in [0.29, 0.717) is 17.7 Å². The zero-order chi connectivity index (χ0) is 22.8. The first kappa shape index (κ1) is 21.9. The van der Waals surface area contributed by atoms with E-state index in [9.17, 15) is 14.3 Å². The minimum absolute atomic E-state index is 0.207. The van der Waals surface area contributed by atoms with E-state index < -0.39 is 11.9 Å². The van der Waals surface area contributed by atoms with Crippen LogP contribution in [0.15, 0.2) is 60.7 Å². The van der Waals surface area contributed by atoms with Crippen LogP contribution >= 0.6 is 0 Å². The van der Waals surface area contributed by atoms with Crippen LogP contribution in [0, 0.1) is 11.7 Å². The summed E-state index contributed by atoms with van der Waals surface area (Å²) in [6.45, 7) is 1.74. The summed E-state index contributed by atoms with van der Waals surface area (Å²) in [6.07, 6.45) is 2.47. The molecule has 4 rings (SSSR count). The Morgan fingerprint density at radius 3 is 2.59 bits per heavy atom. The summed E-state index contributed by atoms with van der Waals surface area (Å²) in [6, 6.07) is 19.3. The van der Waals surface area contributed by atoms with Gasteiger partial charge in [-0.25, -0.2) is 4.39 Å². The smallest absolute Gasteiger partial charge is 0.306 e. The van der Waals surface area contributed by atoms with Crippen molar-refractivity contribution in [1.29, 1.82) is 0 Å². The molecule has 0 spiro atoms. The lowest BCUT2D eigenvalue weighted by Crippen LogP contribution is -2.29. The molecule has 1 heterocycles. The van der Waals surface area contributed by atoms with E-state index in [1.807, 2.05) is 18.2 Å². The van der Waals surface area contributed by atoms with Crippen LogP contribution in [-0.2, 0) is 17.6 Å². The molecular formula is C27H28FNO3. The number of fused-ring (bicyclic) bond motifs is 1. The summed E-state index contributed by atoms with van der Waals surface area (Å²) >= 11 is 0. The number of benzene rings is 3. The van der Waals surface area contributed by atoms with Crippen molar-refractivity contribution >= 4 is 11.7 Å². The van der Waals surface area contributed by atoms with Gasteiger partial charge in [-0.05, 0) is 65.8 Å². The summed E-state index contributed by atoms with van der Waals surface area (Å²) in [5, 5.41) is 9.23. The average Bonchev–Trinajstić information content (AvgIpc) is 2.80. The van der Waals surface area contributed by atoms with Crippen LogP contribution in [0.4, 0.5) is 10.1 Å². The molecule has 0 bridgehead atoms. The number of ether oxygens (including phenoxy) is 1. The Bertz CT molecular complexity index is 1130. The monoisotopic (exact) mass is 433 g/mol. The lowest BCUT2D eigenvalue weighted by molar-refractivity contribution is -0.141. The van der Waals surface area contributed by atoms with Crippen molar-refractivity contribution in [2.24, 2.45) is 5.92 Å². The van der Waals surface area contributed by atoms with Gasteiger partial charge in [-0.2, -0.15) is 0 Å².